The molecule has 0 saturated heterocycles. The van der Waals surface area contributed by atoms with Crippen LogP contribution in [0.15, 0.2) is 24.3 Å². The molecule has 1 aliphatic carbocycles. The molecule has 0 amide bonds. The molecule has 0 aliphatic heterocycles. The molecule has 0 bridgehead atoms. The van der Waals surface area contributed by atoms with Crippen LogP contribution >= 0.6 is 0 Å². The molecule has 1 nitrogen and oxygen atoms in total. The smallest absolute Gasteiger partial charge is 0.133 e. The molecule has 1 fully saturated rings. The Bertz CT molecular complexity index is 359. The van der Waals surface area contributed by atoms with E-state index in [1.807, 2.05) is 6.07 Å². The summed E-state index contributed by atoms with van der Waals surface area (Å²) in [4.78, 5) is 11.5. The highest BCUT2D eigenvalue weighted by Crippen LogP contribution is 2.30. The van der Waals surface area contributed by atoms with E-state index in [-0.39, 0.29) is 11.7 Å². The third kappa shape index (κ3) is 2.65. The largest absolute Gasteiger partial charge is 0.300 e. The van der Waals surface area contributed by atoms with Crippen molar-refractivity contribution in [2.45, 2.75) is 38.0 Å². The Morgan fingerprint density at radius 2 is 2.13 bits per heavy atom. The predicted molar refractivity (Wildman–Crippen MR) is 57.2 cm³/mol. The summed E-state index contributed by atoms with van der Waals surface area (Å²) in [6, 6.07) is 6.65. The van der Waals surface area contributed by atoms with Gasteiger partial charge in [0.2, 0.25) is 0 Å². The van der Waals surface area contributed by atoms with Crippen molar-refractivity contribution in [1.82, 2.24) is 0 Å². The van der Waals surface area contributed by atoms with E-state index in [0.717, 1.165) is 24.8 Å². The summed E-state index contributed by atoms with van der Waals surface area (Å²) in [7, 11) is 0. The normalized spacial score (nSPS) is 22.5. The van der Waals surface area contributed by atoms with Gasteiger partial charge in [-0.3, -0.25) is 4.79 Å². The van der Waals surface area contributed by atoms with E-state index >= 15 is 0 Å². The summed E-state index contributed by atoms with van der Waals surface area (Å²) in [5, 5.41) is 0. The van der Waals surface area contributed by atoms with E-state index < -0.39 is 0 Å². The van der Waals surface area contributed by atoms with E-state index in [0.29, 0.717) is 18.6 Å². The van der Waals surface area contributed by atoms with E-state index in [1.165, 1.54) is 6.07 Å². The summed E-state index contributed by atoms with van der Waals surface area (Å²) in [5.74, 6) is 0.349. The SMILES string of the molecule is O=C1CCCCC(c2cccc(F)c2)C1. The maximum atomic E-state index is 13.0. The van der Waals surface area contributed by atoms with E-state index in [1.54, 1.807) is 12.1 Å². The van der Waals surface area contributed by atoms with Crippen LogP contribution in [0.4, 0.5) is 4.39 Å². The number of hydrogen-bond donors (Lipinski definition) is 0. The van der Waals surface area contributed by atoms with Gasteiger partial charge in [0, 0.05) is 12.8 Å². The van der Waals surface area contributed by atoms with Crippen molar-refractivity contribution in [1.29, 1.82) is 0 Å². The van der Waals surface area contributed by atoms with Crippen LogP contribution in [0.1, 0.15) is 43.6 Å². The fraction of sp³-hybridized carbons (Fsp3) is 0.462. The van der Waals surface area contributed by atoms with Crippen LogP contribution in [0.2, 0.25) is 0 Å². The van der Waals surface area contributed by atoms with Crippen LogP contribution in [-0.2, 0) is 4.79 Å². The quantitative estimate of drug-likeness (QED) is 0.643. The average Bonchev–Trinajstić information content (AvgIpc) is 2.43. The Hall–Kier alpha value is -1.18. The van der Waals surface area contributed by atoms with Crippen molar-refractivity contribution in [2.24, 2.45) is 0 Å². The molecule has 0 spiro atoms. The molecule has 80 valence electrons. The van der Waals surface area contributed by atoms with Gasteiger partial charge in [-0.15, -0.1) is 0 Å². The number of rotatable bonds is 1. The second-order valence-corrected chi connectivity index (χ2v) is 4.24. The first kappa shape index (κ1) is 10.3. The van der Waals surface area contributed by atoms with Crippen molar-refractivity contribution in [3.05, 3.63) is 35.6 Å². The second-order valence-electron chi connectivity index (χ2n) is 4.24. The standard InChI is InChI=1S/C13H15FO/c14-12-6-3-5-10(8-12)11-4-1-2-7-13(15)9-11/h3,5-6,8,11H,1-2,4,7,9H2. The topological polar surface area (TPSA) is 17.1 Å². The zero-order valence-corrected chi connectivity index (χ0v) is 8.71. The molecule has 1 unspecified atom stereocenters. The van der Waals surface area contributed by atoms with Gasteiger partial charge in [-0.05, 0) is 36.5 Å². The molecule has 1 aliphatic rings. The number of carbonyl (C=O) groups is 1. The molecule has 15 heavy (non-hydrogen) atoms. The Balaban J connectivity index is 2.18. The van der Waals surface area contributed by atoms with Crippen molar-refractivity contribution >= 4 is 5.78 Å². The molecule has 0 radical (unpaired) electrons. The molecule has 1 atom stereocenters. The number of Topliss-reactive ketones (excluding diaryl/α,β-unsaturated/α-hetero) is 1. The Morgan fingerprint density at radius 3 is 2.93 bits per heavy atom. The molecule has 2 rings (SSSR count). The molecule has 0 heterocycles. The van der Waals surface area contributed by atoms with Gasteiger partial charge in [0.05, 0.1) is 0 Å². The second kappa shape index (κ2) is 4.56. The lowest BCUT2D eigenvalue weighted by Gasteiger charge is -2.13. The fourth-order valence-electron chi connectivity index (χ4n) is 2.24. The highest BCUT2D eigenvalue weighted by atomic mass is 19.1. The Morgan fingerprint density at radius 1 is 1.27 bits per heavy atom. The van der Waals surface area contributed by atoms with E-state index in [4.69, 9.17) is 0 Å². The molecule has 1 aromatic carbocycles. The lowest BCUT2D eigenvalue weighted by Crippen LogP contribution is -2.03. The van der Waals surface area contributed by atoms with Crippen LogP contribution in [-0.4, -0.2) is 5.78 Å². The molecular formula is C13H15FO. The zero-order chi connectivity index (χ0) is 10.7. The first-order valence-electron chi connectivity index (χ1n) is 5.53. The van der Waals surface area contributed by atoms with Crippen LogP contribution in [0, 0.1) is 5.82 Å². The van der Waals surface area contributed by atoms with Crippen LogP contribution in [0.3, 0.4) is 0 Å². The monoisotopic (exact) mass is 206 g/mol. The van der Waals surface area contributed by atoms with Gasteiger partial charge in [0.1, 0.15) is 11.6 Å². The number of hydrogen-bond acceptors (Lipinski definition) is 1. The van der Waals surface area contributed by atoms with Gasteiger partial charge in [0.15, 0.2) is 0 Å². The van der Waals surface area contributed by atoms with Gasteiger partial charge in [-0.25, -0.2) is 4.39 Å². The minimum atomic E-state index is -0.204. The van der Waals surface area contributed by atoms with E-state index in [2.05, 4.69) is 0 Å². The number of ketones is 1. The number of benzene rings is 1. The summed E-state index contributed by atoms with van der Waals surface area (Å²) in [6.07, 6.45) is 4.36. The lowest BCUT2D eigenvalue weighted by atomic mass is 9.91. The zero-order valence-electron chi connectivity index (χ0n) is 8.71. The average molecular weight is 206 g/mol. The van der Waals surface area contributed by atoms with Gasteiger partial charge < -0.3 is 0 Å². The molecule has 1 saturated carbocycles. The number of halogens is 1. The summed E-state index contributed by atoms with van der Waals surface area (Å²) < 4.78 is 13.0. The molecule has 0 aromatic heterocycles. The van der Waals surface area contributed by atoms with Gasteiger partial charge >= 0.3 is 0 Å². The summed E-state index contributed by atoms with van der Waals surface area (Å²) >= 11 is 0. The third-order valence-electron chi connectivity index (χ3n) is 3.05. The predicted octanol–water partition coefficient (Wildman–Crippen LogP) is 3.44. The van der Waals surface area contributed by atoms with Crippen LogP contribution in [0.5, 0.6) is 0 Å². The third-order valence-corrected chi connectivity index (χ3v) is 3.05. The molecule has 2 heteroatoms. The highest BCUT2D eigenvalue weighted by Gasteiger charge is 2.19. The maximum Gasteiger partial charge on any atom is 0.133 e. The van der Waals surface area contributed by atoms with Crippen molar-refractivity contribution in [3.8, 4) is 0 Å². The maximum absolute atomic E-state index is 13.0. The molecular weight excluding hydrogens is 191 g/mol. The molecule has 0 N–H and O–H groups in total. The first-order chi connectivity index (χ1) is 7.25. The van der Waals surface area contributed by atoms with Gasteiger partial charge in [-0.1, -0.05) is 18.6 Å². The highest BCUT2D eigenvalue weighted by molar-refractivity contribution is 5.79. The van der Waals surface area contributed by atoms with Crippen molar-refractivity contribution in [2.75, 3.05) is 0 Å². The van der Waals surface area contributed by atoms with Gasteiger partial charge in [-0.2, -0.15) is 0 Å². The van der Waals surface area contributed by atoms with Crippen LogP contribution < -0.4 is 0 Å². The minimum absolute atomic E-state index is 0.204. The van der Waals surface area contributed by atoms with Crippen molar-refractivity contribution in [3.63, 3.8) is 0 Å². The van der Waals surface area contributed by atoms with Crippen molar-refractivity contribution < 1.29 is 9.18 Å². The Kier molecular flexibility index (Phi) is 3.14. The van der Waals surface area contributed by atoms with Gasteiger partial charge in [0.25, 0.3) is 0 Å². The molecule has 1 aromatic rings. The summed E-state index contributed by atoms with van der Waals surface area (Å²) in [6.45, 7) is 0. The number of carbonyl (C=O) groups excluding carboxylic acids is 1. The summed E-state index contributed by atoms with van der Waals surface area (Å²) in [5.41, 5.74) is 0.977. The fourth-order valence-corrected chi connectivity index (χ4v) is 2.24. The first-order valence-corrected chi connectivity index (χ1v) is 5.53. The Labute approximate surface area is 89.3 Å². The lowest BCUT2D eigenvalue weighted by molar-refractivity contribution is -0.119. The van der Waals surface area contributed by atoms with Crippen LogP contribution in [0.25, 0.3) is 0 Å². The van der Waals surface area contributed by atoms with E-state index in [9.17, 15) is 9.18 Å². The minimum Gasteiger partial charge on any atom is -0.300 e.